The molecule has 3 heteroatoms. The maximum atomic E-state index is 13.8. The highest BCUT2D eigenvalue weighted by molar-refractivity contribution is 5.20. The van der Waals surface area contributed by atoms with Crippen LogP contribution in [0.3, 0.4) is 0 Å². The fraction of sp³-hybridized carbons (Fsp3) is 0.667. The molecule has 0 aliphatic heterocycles. The lowest BCUT2D eigenvalue weighted by Crippen LogP contribution is -2.28. The second-order valence-corrected chi connectivity index (χ2v) is 5.75. The van der Waals surface area contributed by atoms with Crippen LogP contribution in [0.1, 0.15) is 44.6 Å². The van der Waals surface area contributed by atoms with E-state index in [2.05, 4.69) is 24.1 Å². The van der Waals surface area contributed by atoms with E-state index in [1.165, 1.54) is 19.0 Å². The van der Waals surface area contributed by atoms with Gasteiger partial charge in [-0.3, -0.25) is 4.98 Å². The maximum Gasteiger partial charge on any atom is 0.144 e. The first-order valence-electron chi connectivity index (χ1n) is 6.98. The zero-order valence-electron chi connectivity index (χ0n) is 11.3. The minimum absolute atomic E-state index is 0.141. The lowest BCUT2D eigenvalue weighted by atomic mass is 9.89. The van der Waals surface area contributed by atoms with Gasteiger partial charge in [-0.25, -0.2) is 4.39 Å². The summed E-state index contributed by atoms with van der Waals surface area (Å²) in [5.74, 6) is 1.47. The molecule has 1 N–H and O–H groups in total. The summed E-state index contributed by atoms with van der Waals surface area (Å²) in [5, 5.41) is 3.51. The molecule has 0 aromatic carbocycles. The Morgan fingerprint density at radius 1 is 1.44 bits per heavy atom. The second-order valence-electron chi connectivity index (χ2n) is 5.75. The van der Waals surface area contributed by atoms with Crippen molar-refractivity contribution in [3.05, 3.63) is 29.8 Å². The lowest BCUT2D eigenvalue weighted by molar-refractivity contribution is 0.416. The number of pyridine rings is 1. The second kappa shape index (κ2) is 6.28. The molecule has 0 bridgehead atoms. The Bertz CT molecular complexity index is 379. The van der Waals surface area contributed by atoms with Crippen molar-refractivity contribution in [3.63, 3.8) is 0 Å². The summed E-state index contributed by atoms with van der Waals surface area (Å²) in [6, 6.07) is 1.85. The van der Waals surface area contributed by atoms with Gasteiger partial charge >= 0.3 is 0 Å². The Kier molecular flexibility index (Phi) is 4.70. The lowest BCUT2D eigenvalue weighted by Gasteiger charge is -2.21. The fourth-order valence-electron chi connectivity index (χ4n) is 2.93. The highest BCUT2D eigenvalue weighted by Crippen LogP contribution is 2.39. The van der Waals surface area contributed by atoms with E-state index in [1.807, 2.05) is 6.07 Å². The largest absolute Gasteiger partial charge is 0.316 e. The van der Waals surface area contributed by atoms with Crippen molar-refractivity contribution < 1.29 is 4.39 Å². The summed E-state index contributed by atoms with van der Waals surface area (Å²) in [4.78, 5) is 3.84. The quantitative estimate of drug-likeness (QED) is 0.867. The van der Waals surface area contributed by atoms with Crippen molar-refractivity contribution >= 4 is 0 Å². The van der Waals surface area contributed by atoms with E-state index < -0.39 is 0 Å². The number of hydrogen-bond donors (Lipinski definition) is 1. The molecule has 1 aromatic rings. The number of aromatic nitrogens is 1. The number of hydrogen-bond acceptors (Lipinski definition) is 2. The standard InChI is InChI=1S/C15H23FN2/c1-11(2)8-18-9-12-4-3-5-13(12)14-6-7-17-10-15(14)16/h6-7,10-13,18H,3-5,8-9H2,1-2H3. The molecule has 1 aromatic heterocycles. The number of nitrogens with one attached hydrogen (secondary N) is 1. The van der Waals surface area contributed by atoms with Gasteiger partial charge in [0, 0.05) is 6.20 Å². The monoisotopic (exact) mass is 250 g/mol. The predicted octanol–water partition coefficient (Wildman–Crippen LogP) is 3.35. The molecule has 0 saturated heterocycles. The number of rotatable bonds is 5. The van der Waals surface area contributed by atoms with Crippen LogP contribution in [-0.4, -0.2) is 18.1 Å². The van der Waals surface area contributed by atoms with Crippen molar-refractivity contribution in [2.45, 2.75) is 39.0 Å². The van der Waals surface area contributed by atoms with Gasteiger partial charge in [0.15, 0.2) is 0 Å². The predicted molar refractivity (Wildman–Crippen MR) is 72.0 cm³/mol. The van der Waals surface area contributed by atoms with Gasteiger partial charge in [0.1, 0.15) is 5.82 Å². The molecule has 2 atom stereocenters. The van der Waals surface area contributed by atoms with E-state index in [4.69, 9.17) is 0 Å². The molecule has 1 saturated carbocycles. The summed E-state index contributed by atoms with van der Waals surface area (Å²) in [7, 11) is 0. The van der Waals surface area contributed by atoms with Crippen molar-refractivity contribution in [2.24, 2.45) is 11.8 Å². The van der Waals surface area contributed by atoms with E-state index in [1.54, 1.807) is 6.20 Å². The molecule has 18 heavy (non-hydrogen) atoms. The van der Waals surface area contributed by atoms with Gasteiger partial charge in [-0.15, -0.1) is 0 Å². The van der Waals surface area contributed by atoms with Crippen LogP contribution < -0.4 is 5.32 Å². The van der Waals surface area contributed by atoms with E-state index in [9.17, 15) is 4.39 Å². The Hall–Kier alpha value is -0.960. The average molecular weight is 250 g/mol. The van der Waals surface area contributed by atoms with Crippen molar-refractivity contribution in [1.82, 2.24) is 10.3 Å². The van der Waals surface area contributed by atoms with Crippen LogP contribution in [0.5, 0.6) is 0 Å². The van der Waals surface area contributed by atoms with Gasteiger partial charge in [-0.1, -0.05) is 20.3 Å². The molecular formula is C15H23FN2. The van der Waals surface area contributed by atoms with Crippen LogP contribution in [-0.2, 0) is 0 Å². The van der Waals surface area contributed by atoms with Gasteiger partial charge < -0.3 is 5.32 Å². The molecule has 2 unspecified atom stereocenters. The highest BCUT2D eigenvalue weighted by atomic mass is 19.1. The number of nitrogens with zero attached hydrogens (tertiary/aromatic N) is 1. The van der Waals surface area contributed by atoms with E-state index >= 15 is 0 Å². The SMILES string of the molecule is CC(C)CNCC1CCCC1c1ccncc1F. The maximum absolute atomic E-state index is 13.8. The Morgan fingerprint density at radius 3 is 3.00 bits per heavy atom. The third-order valence-corrected chi connectivity index (χ3v) is 3.82. The zero-order valence-corrected chi connectivity index (χ0v) is 11.3. The molecule has 2 nitrogen and oxygen atoms in total. The molecule has 1 heterocycles. The molecule has 100 valence electrons. The number of halogens is 1. The highest BCUT2D eigenvalue weighted by Gasteiger charge is 2.29. The first-order chi connectivity index (χ1) is 8.68. The van der Waals surface area contributed by atoms with Crippen LogP contribution in [0.25, 0.3) is 0 Å². The summed E-state index contributed by atoms with van der Waals surface area (Å²) in [5.41, 5.74) is 0.860. The molecule has 0 radical (unpaired) electrons. The molecule has 0 spiro atoms. The normalized spacial score (nSPS) is 23.8. The van der Waals surface area contributed by atoms with Gasteiger partial charge in [-0.05, 0) is 55.3 Å². The minimum atomic E-state index is -0.141. The minimum Gasteiger partial charge on any atom is -0.316 e. The van der Waals surface area contributed by atoms with Crippen LogP contribution in [0, 0.1) is 17.7 Å². The summed E-state index contributed by atoms with van der Waals surface area (Å²) in [6.07, 6.45) is 6.56. The fourth-order valence-corrected chi connectivity index (χ4v) is 2.93. The first-order valence-corrected chi connectivity index (χ1v) is 6.98. The first kappa shape index (κ1) is 13.5. The van der Waals surface area contributed by atoms with Gasteiger partial charge in [0.2, 0.25) is 0 Å². The van der Waals surface area contributed by atoms with Crippen LogP contribution >= 0.6 is 0 Å². The third-order valence-electron chi connectivity index (χ3n) is 3.82. The summed E-state index contributed by atoms with van der Waals surface area (Å²) >= 11 is 0. The molecule has 1 fully saturated rings. The van der Waals surface area contributed by atoms with Gasteiger partial charge in [0.05, 0.1) is 6.20 Å². The topological polar surface area (TPSA) is 24.9 Å². The summed E-state index contributed by atoms with van der Waals surface area (Å²) in [6.45, 7) is 6.47. The van der Waals surface area contributed by atoms with Crippen molar-refractivity contribution in [2.75, 3.05) is 13.1 Å². The van der Waals surface area contributed by atoms with Crippen LogP contribution in [0.4, 0.5) is 4.39 Å². The Balaban J connectivity index is 1.97. The molecule has 1 aliphatic rings. The average Bonchev–Trinajstić information content (AvgIpc) is 2.77. The third kappa shape index (κ3) is 3.29. The van der Waals surface area contributed by atoms with E-state index in [0.29, 0.717) is 17.8 Å². The Morgan fingerprint density at radius 2 is 2.28 bits per heavy atom. The van der Waals surface area contributed by atoms with Crippen LogP contribution in [0.15, 0.2) is 18.5 Å². The van der Waals surface area contributed by atoms with Gasteiger partial charge in [0.25, 0.3) is 0 Å². The summed E-state index contributed by atoms with van der Waals surface area (Å²) < 4.78 is 13.8. The smallest absolute Gasteiger partial charge is 0.144 e. The zero-order chi connectivity index (χ0) is 13.0. The Labute approximate surface area is 109 Å². The molecule has 2 rings (SSSR count). The van der Waals surface area contributed by atoms with E-state index in [0.717, 1.165) is 25.1 Å². The van der Waals surface area contributed by atoms with Crippen LogP contribution in [0.2, 0.25) is 0 Å². The van der Waals surface area contributed by atoms with E-state index in [-0.39, 0.29) is 5.82 Å². The van der Waals surface area contributed by atoms with Crippen molar-refractivity contribution in [3.8, 4) is 0 Å². The van der Waals surface area contributed by atoms with Gasteiger partial charge in [-0.2, -0.15) is 0 Å². The molecule has 1 aliphatic carbocycles. The molecule has 0 amide bonds. The van der Waals surface area contributed by atoms with Crippen molar-refractivity contribution in [1.29, 1.82) is 0 Å². The molecular weight excluding hydrogens is 227 g/mol.